The number of likely N-dealkylation sites (N-methyl/N-ethyl adjacent to an activating group) is 1. The van der Waals surface area contributed by atoms with Gasteiger partial charge in [0.25, 0.3) is 0 Å². The van der Waals surface area contributed by atoms with Crippen LogP contribution in [0, 0.1) is 0 Å². The molecule has 0 aromatic carbocycles. The summed E-state index contributed by atoms with van der Waals surface area (Å²) in [6.07, 6.45) is 1.21. The monoisotopic (exact) mass is 242 g/mol. The zero-order valence-corrected chi connectivity index (χ0v) is 11.1. The first-order valence-corrected chi connectivity index (χ1v) is 6.02. The molecule has 0 spiro atoms. The highest BCUT2D eigenvalue weighted by Gasteiger charge is 2.35. The van der Waals surface area contributed by atoms with Crippen LogP contribution in [0.3, 0.4) is 0 Å². The van der Waals surface area contributed by atoms with Gasteiger partial charge < -0.3 is 10.1 Å². The summed E-state index contributed by atoms with van der Waals surface area (Å²) < 4.78 is 5.29. The van der Waals surface area contributed by atoms with Gasteiger partial charge in [-0.15, -0.1) is 0 Å². The molecule has 1 N–H and O–H groups in total. The summed E-state index contributed by atoms with van der Waals surface area (Å²) >= 11 is 0. The minimum atomic E-state index is -0.518. The molecule has 0 radical (unpaired) electrons. The number of hydrogen-bond donors (Lipinski definition) is 1. The van der Waals surface area contributed by atoms with Crippen molar-refractivity contribution in [1.29, 1.82) is 0 Å². The maximum atomic E-state index is 11.9. The van der Waals surface area contributed by atoms with E-state index < -0.39 is 5.60 Å². The number of rotatable bonds is 3. The van der Waals surface area contributed by atoms with Gasteiger partial charge in [0.15, 0.2) is 5.78 Å². The van der Waals surface area contributed by atoms with Crippen molar-refractivity contribution >= 4 is 11.9 Å². The van der Waals surface area contributed by atoms with E-state index in [9.17, 15) is 9.59 Å². The van der Waals surface area contributed by atoms with Crippen molar-refractivity contribution in [1.82, 2.24) is 10.2 Å². The highest BCUT2D eigenvalue weighted by atomic mass is 16.6. The first-order valence-electron chi connectivity index (χ1n) is 6.02. The van der Waals surface area contributed by atoms with Gasteiger partial charge in [-0.3, -0.25) is 9.69 Å². The zero-order chi connectivity index (χ0) is 13.1. The maximum Gasteiger partial charge on any atom is 0.410 e. The molecule has 0 saturated carbocycles. The molecule has 1 aliphatic rings. The number of ether oxygens (including phenoxy) is 1. The molecule has 5 nitrogen and oxygen atoms in total. The highest BCUT2D eigenvalue weighted by molar-refractivity contribution is 5.89. The van der Waals surface area contributed by atoms with Crippen LogP contribution in [-0.4, -0.2) is 48.6 Å². The third-order valence-electron chi connectivity index (χ3n) is 2.60. The van der Waals surface area contributed by atoms with Crippen LogP contribution in [0.2, 0.25) is 0 Å². The van der Waals surface area contributed by atoms with Gasteiger partial charge in [0.2, 0.25) is 0 Å². The lowest BCUT2D eigenvalue weighted by molar-refractivity contribution is -0.122. The Kier molecular flexibility index (Phi) is 4.51. The lowest BCUT2D eigenvalue weighted by Gasteiger charge is -2.27. The molecular weight excluding hydrogens is 220 g/mol. The van der Waals surface area contributed by atoms with Crippen molar-refractivity contribution in [2.24, 2.45) is 0 Å². The molecule has 0 aliphatic carbocycles. The molecule has 1 amide bonds. The number of Topliss-reactive ketones (excluding diaryl/α,β-unsaturated/α-hetero) is 1. The Morgan fingerprint density at radius 3 is 2.59 bits per heavy atom. The van der Waals surface area contributed by atoms with Crippen molar-refractivity contribution in [3.05, 3.63) is 0 Å². The molecule has 0 aromatic rings. The van der Waals surface area contributed by atoms with E-state index in [0.717, 1.165) is 12.8 Å². The number of likely N-dealkylation sites (tertiary alicyclic amines) is 1. The third kappa shape index (κ3) is 4.00. The van der Waals surface area contributed by atoms with Crippen molar-refractivity contribution in [3.8, 4) is 0 Å². The molecule has 1 heterocycles. The van der Waals surface area contributed by atoms with Crippen LogP contribution in [0.15, 0.2) is 0 Å². The lowest BCUT2D eigenvalue weighted by atomic mass is 10.1. The number of nitrogens with one attached hydrogen (secondary N) is 1. The molecule has 0 aromatic heterocycles. The van der Waals surface area contributed by atoms with Crippen molar-refractivity contribution in [2.75, 3.05) is 20.1 Å². The van der Waals surface area contributed by atoms with E-state index in [-0.39, 0.29) is 17.9 Å². The Morgan fingerprint density at radius 1 is 1.41 bits per heavy atom. The fraction of sp³-hybridized carbons (Fsp3) is 0.833. The molecule has 1 atom stereocenters. The SMILES string of the molecule is CNCC(=O)C1CCCN1C(=O)OC(C)(C)C. The molecule has 1 aliphatic heterocycles. The van der Waals surface area contributed by atoms with Gasteiger partial charge in [-0.05, 0) is 40.7 Å². The molecule has 1 saturated heterocycles. The Hall–Kier alpha value is -1.10. The van der Waals surface area contributed by atoms with Crippen LogP contribution in [-0.2, 0) is 9.53 Å². The van der Waals surface area contributed by atoms with E-state index in [1.54, 1.807) is 11.9 Å². The number of carbonyl (C=O) groups excluding carboxylic acids is 2. The number of amides is 1. The van der Waals surface area contributed by atoms with Crippen molar-refractivity contribution in [2.45, 2.75) is 45.3 Å². The Bertz CT molecular complexity index is 297. The normalized spacial score (nSPS) is 20.5. The lowest BCUT2D eigenvalue weighted by Crippen LogP contribution is -2.45. The molecule has 1 fully saturated rings. The summed E-state index contributed by atoms with van der Waals surface area (Å²) in [5.74, 6) is 0.0517. The number of nitrogens with zero attached hydrogens (tertiary/aromatic N) is 1. The van der Waals surface area contributed by atoms with Crippen molar-refractivity contribution < 1.29 is 14.3 Å². The van der Waals surface area contributed by atoms with Crippen LogP contribution in [0.1, 0.15) is 33.6 Å². The first kappa shape index (κ1) is 14.0. The second-order valence-electron chi connectivity index (χ2n) is 5.33. The van der Waals surface area contributed by atoms with Gasteiger partial charge in [0, 0.05) is 6.54 Å². The molecule has 1 unspecified atom stereocenters. The number of hydrogen-bond acceptors (Lipinski definition) is 4. The fourth-order valence-corrected chi connectivity index (χ4v) is 1.93. The fourth-order valence-electron chi connectivity index (χ4n) is 1.93. The number of ketones is 1. The first-order chi connectivity index (χ1) is 7.85. The summed E-state index contributed by atoms with van der Waals surface area (Å²) in [4.78, 5) is 25.3. The Morgan fingerprint density at radius 2 is 2.06 bits per heavy atom. The zero-order valence-electron chi connectivity index (χ0n) is 11.1. The summed E-state index contributed by atoms with van der Waals surface area (Å²) in [5, 5.41) is 2.82. The van der Waals surface area contributed by atoms with Crippen LogP contribution in [0.4, 0.5) is 4.79 Å². The van der Waals surface area contributed by atoms with Crippen LogP contribution in [0.25, 0.3) is 0 Å². The van der Waals surface area contributed by atoms with Gasteiger partial charge in [-0.1, -0.05) is 0 Å². The summed E-state index contributed by atoms with van der Waals surface area (Å²) in [6, 6.07) is -0.322. The topological polar surface area (TPSA) is 58.6 Å². The van der Waals surface area contributed by atoms with E-state index in [1.165, 1.54) is 0 Å². The van der Waals surface area contributed by atoms with E-state index >= 15 is 0 Å². The second kappa shape index (κ2) is 5.49. The Labute approximate surface area is 102 Å². The molecule has 17 heavy (non-hydrogen) atoms. The number of carbonyl (C=O) groups is 2. The van der Waals surface area contributed by atoms with E-state index in [4.69, 9.17) is 4.74 Å². The van der Waals surface area contributed by atoms with Gasteiger partial charge in [0.1, 0.15) is 5.60 Å². The van der Waals surface area contributed by atoms with E-state index in [1.807, 2.05) is 20.8 Å². The standard InChI is InChI=1S/C12H22N2O3/c1-12(2,3)17-11(16)14-7-5-6-9(14)10(15)8-13-4/h9,13H,5-8H2,1-4H3. The van der Waals surface area contributed by atoms with Crippen LogP contribution >= 0.6 is 0 Å². The summed E-state index contributed by atoms with van der Waals surface area (Å²) in [6.45, 7) is 6.38. The van der Waals surface area contributed by atoms with Crippen LogP contribution in [0.5, 0.6) is 0 Å². The van der Waals surface area contributed by atoms with Gasteiger partial charge in [-0.25, -0.2) is 4.79 Å². The summed E-state index contributed by atoms with van der Waals surface area (Å²) in [7, 11) is 1.73. The minimum Gasteiger partial charge on any atom is -0.444 e. The van der Waals surface area contributed by atoms with E-state index in [2.05, 4.69) is 5.32 Å². The largest absolute Gasteiger partial charge is 0.444 e. The third-order valence-corrected chi connectivity index (χ3v) is 2.60. The van der Waals surface area contributed by atoms with Crippen LogP contribution < -0.4 is 5.32 Å². The predicted octanol–water partition coefficient (Wildman–Crippen LogP) is 1.17. The molecule has 1 rings (SSSR count). The molecular formula is C12H22N2O3. The van der Waals surface area contributed by atoms with E-state index in [0.29, 0.717) is 13.1 Å². The highest BCUT2D eigenvalue weighted by Crippen LogP contribution is 2.21. The maximum absolute atomic E-state index is 11.9. The molecule has 98 valence electrons. The van der Waals surface area contributed by atoms with Gasteiger partial charge in [-0.2, -0.15) is 0 Å². The smallest absolute Gasteiger partial charge is 0.410 e. The molecule has 5 heteroatoms. The van der Waals surface area contributed by atoms with Gasteiger partial charge >= 0.3 is 6.09 Å². The second-order valence-corrected chi connectivity index (χ2v) is 5.33. The summed E-state index contributed by atoms with van der Waals surface area (Å²) in [5.41, 5.74) is -0.518. The predicted molar refractivity (Wildman–Crippen MR) is 64.9 cm³/mol. The van der Waals surface area contributed by atoms with Crippen molar-refractivity contribution in [3.63, 3.8) is 0 Å². The average molecular weight is 242 g/mol. The quantitative estimate of drug-likeness (QED) is 0.807. The minimum absolute atomic E-state index is 0.0517. The Balaban J connectivity index is 2.63. The molecule has 0 bridgehead atoms. The average Bonchev–Trinajstić information content (AvgIpc) is 2.63. The van der Waals surface area contributed by atoms with Gasteiger partial charge in [0.05, 0.1) is 12.6 Å².